The molecule has 190 valence electrons. The van der Waals surface area contributed by atoms with Crippen LogP contribution in [-0.2, 0) is 0 Å². The lowest BCUT2D eigenvalue weighted by Crippen LogP contribution is -2.09. The Bertz CT molecular complexity index is 2180. The Hall–Kier alpha value is -4.57. The lowest BCUT2D eigenvalue weighted by atomic mass is 10.1. The van der Waals surface area contributed by atoms with E-state index in [0.717, 1.165) is 27.8 Å². The average Bonchev–Trinajstić information content (AvgIpc) is 3.53. The number of nitrogens with zero attached hydrogens (tertiary/aromatic N) is 2. The molecule has 40 heavy (non-hydrogen) atoms. The fourth-order valence-electron chi connectivity index (χ4n) is 5.86. The number of thiophene rings is 1. The highest BCUT2D eigenvalue weighted by atomic mass is 35.5. The van der Waals surface area contributed by atoms with E-state index in [-0.39, 0.29) is 0 Å². The summed E-state index contributed by atoms with van der Waals surface area (Å²) in [6.45, 7) is 0. The van der Waals surface area contributed by atoms with Crippen LogP contribution in [0.4, 0.5) is 17.1 Å². The van der Waals surface area contributed by atoms with Crippen molar-refractivity contribution in [1.29, 1.82) is 0 Å². The molecule has 0 bridgehead atoms. The van der Waals surface area contributed by atoms with Crippen LogP contribution in [0, 0.1) is 0 Å². The van der Waals surface area contributed by atoms with Gasteiger partial charge in [-0.3, -0.25) is 0 Å². The van der Waals surface area contributed by atoms with Crippen LogP contribution < -0.4 is 4.90 Å². The quantitative estimate of drug-likeness (QED) is 0.211. The third kappa shape index (κ3) is 3.70. The monoisotopic (exact) mass is 550 g/mol. The highest BCUT2D eigenvalue weighted by Crippen LogP contribution is 2.42. The Balaban J connectivity index is 1.37. The summed E-state index contributed by atoms with van der Waals surface area (Å²) in [6.07, 6.45) is 0. The third-order valence-electron chi connectivity index (χ3n) is 7.62. The van der Waals surface area contributed by atoms with Crippen molar-refractivity contribution < 1.29 is 0 Å². The molecule has 6 aromatic carbocycles. The number of benzene rings is 6. The van der Waals surface area contributed by atoms with Crippen molar-refractivity contribution >= 4 is 82.0 Å². The molecule has 0 atom stereocenters. The molecule has 4 heteroatoms. The van der Waals surface area contributed by atoms with Gasteiger partial charge in [-0.25, -0.2) is 0 Å². The van der Waals surface area contributed by atoms with Crippen LogP contribution in [-0.4, -0.2) is 4.57 Å². The van der Waals surface area contributed by atoms with Gasteiger partial charge in [0.2, 0.25) is 0 Å². The maximum Gasteiger partial charge on any atom is 0.0542 e. The number of fused-ring (bicyclic) bond motifs is 6. The highest BCUT2D eigenvalue weighted by molar-refractivity contribution is 7.25. The van der Waals surface area contributed by atoms with E-state index in [9.17, 15) is 0 Å². The summed E-state index contributed by atoms with van der Waals surface area (Å²) in [5, 5.41) is 5.73. The molecule has 0 aliphatic carbocycles. The van der Waals surface area contributed by atoms with Gasteiger partial charge in [0.1, 0.15) is 0 Å². The summed E-state index contributed by atoms with van der Waals surface area (Å²) in [4.78, 5) is 2.35. The summed E-state index contributed by atoms with van der Waals surface area (Å²) in [5.74, 6) is 0. The highest BCUT2D eigenvalue weighted by Gasteiger charge is 2.18. The maximum absolute atomic E-state index is 6.31. The first-order chi connectivity index (χ1) is 19.7. The zero-order valence-electron chi connectivity index (χ0n) is 21.5. The van der Waals surface area contributed by atoms with E-state index < -0.39 is 0 Å². The predicted octanol–water partition coefficient (Wildman–Crippen LogP) is 11.3. The first-order valence-electron chi connectivity index (χ1n) is 13.3. The molecule has 0 aliphatic heterocycles. The van der Waals surface area contributed by atoms with Gasteiger partial charge in [0.25, 0.3) is 0 Å². The van der Waals surface area contributed by atoms with Gasteiger partial charge in [0.05, 0.1) is 11.0 Å². The fourth-order valence-corrected chi connectivity index (χ4v) is 7.22. The second kappa shape index (κ2) is 9.27. The summed E-state index contributed by atoms with van der Waals surface area (Å²) in [6, 6.07) is 49.7. The van der Waals surface area contributed by atoms with E-state index in [4.69, 9.17) is 11.6 Å². The number of hydrogen-bond acceptors (Lipinski definition) is 2. The van der Waals surface area contributed by atoms with Crippen molar-refractivity contribution in [2.45, 2.75) is 0 Å². The first-order valence-corrected chi connectivity index (χ1v) is 14.5. The van der Waals surface area contributed by atoms with Gasteiger partial charge >= 0.3 is 0 Å². The third-order valence-corrected chi connectivity index (χ3v) is 8.99. The molecule has 8 rings (SSSR count). The van der Waals surface area contributed by atoms with Crippen LogP contribution in [0.3, 0.4) is 0 Å². The predicted molar refractivity (Wildman–Crippen MR) is 173 cm³/mol. The molecule has 2 nitrogen and oxygen atoms in total. The van der Waals surface area contributed by atoms with Crippen LogP contribution in [0.1, 0.15) is 0 Å². The number of aromatic nitrogens is 1. The van der Waals surface area contributed by atoms with Gasteiger partial charge < -0.3 is 9.47 Å². The van der Waals surface area contributed by atoms with Crippen molar-refractivity contribution in [3.8, 4) is 5.69 Å². The molecule has 0 fully saturated rings. The Labute approximate surface area is 240 Å². The summed E-state index contributed by atoms with van der Waals surface area (Å²) < 4.78 is 4.83. The van der Waals surface area contributed by atoms with Gasteiger partial charge in [-0.15, -0.1) is 11.3 Å². The molecule has 0 spiro atoms. The zero-order valence-corrected chi connectivity index (χ0v) is 23.0. The molecule has 0 saturated heterocycles. The second-order valence-corrected chi connectivity index (χ2v) is 11.5. The lowest BCUT2D eigenvalue weighted by Gasteiger charge is -2.26. The van der Waals surface area contributed by atoms with E-state index >= 15 is 0 Å². The van der Waals surface area contributed by atoms with E-state index in [1.807, 2.05) is 6.07 Å². The molecule has 2 aromatic heterocycles. The fraction of sp³-hybridized carbons (Fsp3) is 0. The molecule has 2 heterocycles. The van der Waals surface area contributed by atoms with Gasteiger partial charge in [-0.1, -0.05) is 72.3 Å². The minimum Gasteiger partial charge on any atom is -0.310 e. The molecule has 0 amide bonds. The lowest BCUT2D eigenvalue weighted by molar-refractivity contribution is 1.18. The van der Waals surface area contributed by atoms with Crippen LogP contribution >= 0.6 is 22.9 Å². The van der Waals surface area contributed by atoms with E-state index in [2.05, 4.69) is 143 Å². The standard InChI is InChI=1S/C36H23ClN2S/c37-24-15-18-30-32-23-28(17-20-35(32)40-36(30)21-24)38(25-9-3-1-4-10-25)27-16-19-34-31(22-27)29-13-7-8-14-33(29)39(34)26-11-5-2-6-12-26/h1-23H. The summed E-state index contributed by atoms with van der Waals surface area (Å²) in [5.41, 5.74) is 6.93. The molecule has 0 saturated carbocycles. The molecule has 0 radical (unpaired) electrons. The summed E-state index contributed by atoms with van der Waals surface area (Å²) >= 11 is 8.10. The maximum atomic E-state index is 6.31. The van der Waals surface area contributed by atoms with E-state index in [1.54, 1.807) is 11.3 Å². The molecule has 0 unspecified atom stereocenters. The molecular weight excluding hydrogens is 528 g/mol. The van der Waals surface area contributed by atoms with Gasteiger partial charge in [-0.05, 0) is 78.9 Å². The van der Waals surface area contributed by atoms with Crippen molar-refractivity contribution in [2.24, 2.45) is 0 Å². The zero-order chi connectivity index (χ0) is 26.6. The Kier molecular flexibility index (Phi) is 5.41. The minimum absolute atomic E-state index is 0.771. The Morgan fingerprint density at radius 3 is 1.98 bits per heavy atom. The van der Waals surface area contributed by atoms with E-state index in [1.165, 1.54) is 42.0 Å². The van der Waals surface area contributed by atoms with E-state index in [0.29, 0.717) is 0 Å². The van der Waals surface area contributed by atoms with Crippen molar-refractivity contribution in [3.63, 3.8) is 0 Å². The Morgan fingerprint density at radius 1 is 0.475 bits per heavy atom. The van der Waals surface area contributed by atoms with Gasteiger partial charge in [-0.2, -0.15) is 0 Å². The number of hydrogen-bond donors (Lipinski definition) is 0. The van der Waals surface area contributed by atoms with Crippen LogP contribution in [0.5, 0.6) is 0 Å². The SMILES string of the molecule is Clc1ccc2c(c1)sc1ccc(N(c3ccccc3)c3ccc4c(c3)c3ccccc3n4-c3ccccc3)cc12. The van der Waals surface area contributed by atoms with Crippen LogP contribution in [0.2, 0.25) is 5.02 Å². The van der Waals surface area contributed by atoms with Crippen LogP contribution in [0.15, 0.2) is 140 Å². The number of halogens is 1. The minimum atomic E-state index is 0.771. The van der Waals surface area contributed by atoms with Crippen molar-refractivity contribution in [3.05, 3.63) is 145 Å². The number of para-hydroxylation sites is 3. The molecule has 0 aliphatic rings. The smallest absolute Gasteiger partial charge is 0.0542 e. The van der Waals surface area contributed by atoms with Crippen molar-refractivity contribution in [1.82, 2.24) is 4.57 Å². The normalized spacial score (nSPS) is 11.6. The number of anilines is 3. The molecular formula is C36H23ClN2S. The number of rotatable bonds is 4. The van der Waals surface area contributed by atoms with Gasteiger partial charge in [0.15, 0.2) is 0 Å². The molecule has 0 N–H and O–H groups in total. The first kappa shape index (κ1) is 23.3. The van der Waals surface area contributed by atoms with Crippen LogP contribution in [0.25, 0.3) is 47.7 Å². The topological polar surface area (TPSA) is 8.17 Å². The summed E-state index contributed by atoms with van der Waals surface area (Å²) in [7, 11) is 0. The second-order valence-electron chi connectivity index (χ2n) is 9.98. The van der Waals surface area contributed by atoms with Gasteiger partial charge in [0, 0.05) is 58.7 Å². The van der Waals surface area contributed by atoms with Crippen molar-refractivity contribution in [2.75, 3.05) is 4.90 Å². The average molecular weight is 551 g/mol. The largest absolute Gasteiger partial charge is 0.310 e. The Morgan fingerprint density at radius 2 is 1.15 bits per heavy atom. The molecule has 8 aromatic rings.